The number of hydrogen-bond acceptors (Lipinski definition) is 5. The molecule has 0 radical (unpaired) electrons. The van der Waals surface area contributed by atoms with Crippen molar-refractivity contribution in [3.8, 4) is 0 Å². The van der Waals surface area contributed by atoms with E-state index in [4.69, 9.17) is 4.74 Å². The van der Waals surface area contributed by atoms with Crippen LogP contribution in [0.15, 0.2) is 60.7 Å². The molecule has 1 saturated carbocycles. The van der Waals surface area contributed by atoms with Crippen molar-refractivity contribution in [2.75, 3.05) is 16.8 Å². The molecular weight excluding hydrogens is 415 g/mol. The largest absolute Gasteiger partial charge is 0.452 e. The fourth-order valence-corrected chi connectivity index (χ4v) is 4.87. The van der Waals surface area contributed by atoms with Crippen LogP contribution in [0.5, 0.6) is 0 Å². The smallest absolute Gasteiger partial charge is 0.338 e. The van der Waals surface area contributed by atoms with Crippen LogP contribution < -0.4 is 10.2 Å². The average Bonchev–Trinajstić information content (AvgIpc) is 3.47. The number of anilines is 2. The van der Waals surface area contributed by atoms with Gasteiger partial charge >= 0.3 is 5.97 Å². The number of fused-ring (bicyclic) bond motifs is 5. The maximum atomic E-state index is 13.0. The number of allylic oxidation sites excluding steroid dienone is 2. The number of hydrogen-bond donors (Lipinski definition) is 1. The minimum Gasteiger partial charge on any atom is -0.452 e. The minimum absolute atomic E-state index is 0.0965. The highest BCUT2D eigenvalue weighted by molar-refractivity contribution is 6.23. The van der Waals surface area contributed by atoms with Crippen molar-refractivity contribution < 1.29 is 28.3 Å². The third-order valence-electron chi connectivity index (χ3n) is 6.27. The Balaban J connectivity index is 1.25. The highest BCUT2D eigenvalue weighted by Crippen LogP contribution is 2.53. The third-order valence-corrected chi connectivity index (χ3v) is 6.27. The summed E-state index contributed by atoms with van der Waals surface area (Å²) in [6.45, 7) is -0.540. The number of rotatable bonds is 5. The van der Waals surface area contributed by atoms with Gasteiger partial charge in [-0.05, 0) is 60.7 Å². The molecule has 1 N–H and O–H groups in total. The van der Waals surface area contributed by atoms with E-state index in [2.05, 4.69) is 5.32 Å². The van der Waals surface area contributed by atoms with Crippen LogP contribution in [0, 0.1) is 29.5 Å². The van der Waals surface area contributed by atoms with E-state index in [1.807, 2.05) is 12.2 Å². The van der Waals surface area contributed by atoms with Crippen LogP contribution in [0.2, 0.25) is 0 Å². The molecule has 1 heterocycles. The molecule has 3 aliphatic rings. The molecule has 2 aromatic carbocycles. The molecular formula is C24H19FN2O5. The Morgan fingerprint density at radius 2 is 1.66 bits per heavy atom. The fourth-order valence-electron chi connectivity index (χ4n) is 4.87. The van der Waals surface area contributed by atoms with Crippen LogP contribution in [0.1, 0.15) is 16.8 Å². The maximum absolute atomic E-state index is 13.0. The Bertz CT molecular complexity index is 1130. The standard InChI is InChI=1S/C24H19FN2O5/c25-16-6-8-17(9-7-16)26-19(28)12-32-24(31)15-2-1-3-18(11-15)27-22(29)20-13-4-5-14(10-13)21(20)23(27)30/h1-9,11,13-14,20-21H,10,12H2,(H,26,28)/t13-,14-,20+,21+/m0/s1. The lowest BCUT2D eigenvalue weighted by atomic mass is 9.85. The molecule has 2 aromatic rings. The first-order chi connectivity index (χ1) is 15.4. The van der Waals surface area contributed by atoms with Gasteiger partial charge in [0.15, 0.2) is 6.61 Å². The van der Waals surface area contributed by atoms with Crippen LogP contribution in [0.3, 0.4) is 0 Å². The number of imide groups is 1. The van der Waals surface area contributed by atoms with Crippen LogP contribution in [0.4, 0.5) is 15.8 Å². The lowest BCUT2D eigenvalue weighted by Crippen LogP contribution is -2.33. The summed E-state index contributed by atoms with van der Waals surface area (Å²) in [5.74, 6) is -2.71. The summed E-state index contributed by atoms with van der Waals surface area (Å²) in [5, 5.41) is 2.49. The summed E-state index contributed by atoms with van der Waals surface area (Å²) in [7, 11) is 0. The first kappa shape index (κ1) is 20.1. The van der Waals surface area contributed by atoms with E-state index in [1.165, 1.54) is 41.3 Å². The summed E-state index contributed by atoms with van der Waals surface area (Å²) in [6, 6.07) is 11.2. The molecule has 162 valence electrons. The SMILES string of the molecule is O=C(COC(=O)c1cccc(N2C(=O)[C@H]3[C@H](C2=O)[C@H]2C=C[C@H]3C2)c1)Nc1ccc(F)cc1. The minimum atomic E-state index is -0.762. The van der Waals surface area contributed by atoms with E-state index in [0.29, 0.717) is 11.4 Å². The van der Waals surface area contributed by atoms with Gasteiger partial charge in [-0.25, -0.2) is 14.1 Å². The van der Waals surface area contributed by atoms with Gasteiger partial charge in [0.25, 0.3) is 5.91 Å². The molecule has 2 fully saturated rings. The zero-order chi connectivity index (χ0) is 22.4. The Morgan fingerprint density at radius 1 is 1.00 bits per heavy atom. The predicted molar refractivity (Wildman–Crippen MR) is 112 cm³/mol. The summed E-state index contributed by atoms with van der Waals surface area (Å²) >= 11 is 0. The fraction of sp³-hybridized carbons (Fsp3) is 0.250. The summed E-state index contributed by atoms with van der Waals surface area (Å²) < 4.78 is 18.0. The molecule has 0 unspecified atom stereocenters. The number of esters is 1. The van der Waals surface area contributed by atoms with E-state index in [-0.39, 0.29) is 41.0 Å². The van der Waals surface area contributed by atoms with Gasteiger partial charge in [0.05, 0.1) is 23.1 Å². The lowest BCUT2D eigenvalue weighted by Gasteiger charge is -2.18. The molecule has 8 heteroatoms. The normalized spacial score (nSPS) is 25.2. The molecule has 7 nitrogen and oxygen atoms in total. The van der Waals surface area contributed by atoms with Gasteiger partial charge in [0.2, 0.25) is 11.8 Å². The van der Waals surface area contributed by atoms with Crippen molar-refractivity contribution >= 4 is 35.1 Å². The molecule has 5 rings (SSSR count). The predicted octanol–water partition coefficient (Wildman–Crippen LogP) is 2.93. The summed E-state index contributed by atoms with van der Waals surface area (Å²) in [6.07, 6.45) is 4.88. The van der Waals surface area contributed by atoms with Crippen LogP contribution in [0.25, 0.3) is 0 Å². The van der Waals surface area contributed by atoms with Crippen molar-refractivity contribution in [2.24, 2.45) is 23.7 Å². The number of ether oxygens (including phenoxy) is 1. The molecule has 2 bridgehead atoms. The van der Waals surface area contributed by atoms with Crippen LogP contribution in [-0.4, -0.2) is 30.3 Å². The number of carbonyl (C=O) groups is 4. The van der Waals surface area contributed by atoms with Crippen molar-refractivity contribution in [3.05, 3.63) is 72.1 Å². The first-order valence-electron chi connectivity index (χ1n) is 10.3. The zero-order valence-corrected chi connectivity index (χ0v) is 16.9. The Morgan fingerprint density at radius 3 is 2.31 bits per heavy atom. The third kappa shape index (κ3) is 3.37. The summed E-state index contributed by atoms with van der Waals surface area (Å²) in [4.78, 5) is 51.5. The molecule has 4 atom stereocenters. The van der Waals surface area contributed by atoms with Crippen molar-refractivity contribution in [1.29, 1.82) is 0 Å². The van der Waals surface area contributed by atoms with Gasteiger partial charge in [0.1, 0.15) is 5.82 Å². The van der Waals surface area contributed by atoms with Gasteiger partial charge < -0.3 is 10.1 Å². The zero-order valence-electron chi connectivity index (χ0n) is 16.9. The van der Waals surface area contributed by atoms with Crippen molar-refractivity contribution in [1.82, 2.24) is 0 Å². The molecule has 0 aromatic heterocycles. The van der Waals surface area contributed by atoms with Gasteiger partial charge in [-0.15, -0.1) is 0 Å². The van der Waals surface area contributed by atoms with Gasteiger partial charge in [0, 0.05) is 5.69 Å². The lowest BCUT2D eigenvalue weighted by molar-refractivity contribution is -0.123. The first-order valence-corrected chi connectivity index (χ1v) is 10.3. The Hall–Kier alpha value is -3.81. The second-order valence-corrected chi connectivity index (χ2v) is 8.19. The summed E-state index contributed by atoms with van der Waals surface area (Å²) in [5.41, 5.74) is 0.810. The highest BCUT2D eigenvalue weighted by Gasteiger charge is 2.59. The molecule has 1 saturated heterocycles. The number of carbonyl (C=O) groups excluding carboxylic acids is 4. The number of amides is 3. The number of nitrogens with one attached hydrogen (secondary N) is 1. The highest BCUT2D eigenvalue weighted by atomic mass is 19.1. The molecule has 32 heavy (non-hydrogen) atoms. The van der Waals surface area contributed by atoms with Gasteiger partial charge in [-0.3, -0.25) is 14.4 Å². The van der Waals surface area contributed by atoms with E-state index in [9.17, 15) is 23.6 Å². The second kappa shape index (κ2) is 7.71. The second-order valence-electron chi connectivity index (χ2n) is 8.19. The van der Waals surface area contributed by atoms with E-state index >= 15 is 0 Å². The number of benzene rings is 2. The average molecular weight is 434 g/mol. The van der Waals surface area contributed by atoms with Gasteiger partial charge in [-0.1, -0.05) is 18.2 Å². The molecule has 1 aliphatic heterocycles. The van der Waals surface area contributed by atoms with Crippen LogP contribution in [-0.2, 0) is 19.1 Å². The maximum Gasteiger partial charge on any atom is 0.338 e. The monoisotopic (exact) mass is 434 g/mol. The molecule has 3 amide bonds. The number of halogens is 1. The van der Waals surface area contributed by atoms with Crippen molar-refractivity contribution in [2.45, 2.75) is 6.42 Å². The van der Waals surface area contributed by atoms with E-state index < -0.39 is 24.3 Å². The number of nitrogens with zero attached hydrogens (tertiary/aromatic N) is 1. The topological polar surface area (TPSA) is 92.8 Å². The molecule has 2 aliphatic carbocycles. The molecule has 0 spiro atoms. The van der Waals surface area contributed by atoms with Crippen molar-refractivity contribution in [3.63, 3.8) is 0 Å². The Kier molecular flexibility index (Phi) is 4.84. The van der Waals surface area contributed by atoms with Gasteiger partial charge in [-0.2, -0.15) is 0 Å². The van der Waals surface area contributed by atoms with E-state index in [0.717, 1.165) is 6.42 Å². The Labute approximate surface area is 182 Å². The quantitative estimate of drug-likeness (QED) is 0.444. The van der Waals surface area contributed by atoms with Crippen LogP contribution >= 0.6 is 0 Å². The van der Waals surface area contributed by atoms with E-state index in [1.54, 1.807) is 12.1 Å².